The average molecular weight is 863 g/mol. The maximum absolute atomic E-state index is 14.2. The Morgan fingerprint density at radius 2 is 1.76 bits per heavy atom. The lowest BCUT2D eigenvalue weighted by atomic mass is 9.85. The van der Waals surface area contributed by atoms with E-state index in [2.05, 4.69) is 37.6 Å². The van der Waals surface area contributed by atoms with Crippen LogP contribution in [-0.2, 0) is 36.9 Å². The van der Waals surface area contributed by atoms with Crippen LogP contribution in [0.4, 0.5) is 0 Å². The van der Waals surface area contributed by atoms with Gasteiger partial charge in [0, 0.05) is 62.2 Å². The highest BCUT2D eigenvalue weighted by Crippen LogP contribution is 2.30. The molecule has 14 heteroatoms. The number of carboxylic acid groups (broad SMARTS) is 1. The summed E-state index contributed by atoms with van der Waals surface area (Å²) < 4.78 is 5.99. The van der Waals surface area contributed by atoms with Gasteiger partial charge in [-0.3, -0.25) is 19.3 Å². The first kappa shape index (κ1) is 45.8. The lowest BCUT2D eigenvalue weighted by Gasteiger charge is -2.35. The molecule has 1 aliphatic rings. The van der Waals surface area contributed by atoms with Gasteiger partial charge in [-0.2, -0.15) is 0 Å². The molecule has 2 aromatic heterocycles. The SMILES string of the molecule is Cc1ncsc1-c1ccc([C@H](C)NC(=O)[C@@H]2C[C@@H](O)CN2C(=O)[C@@H](NC(=O)CCOCCN(CCc2c[nH]c3ccccc23)Cc2ccc(/C=C/C(=O)O)cc2)C(C)(C)C)cc1. The molecule has 0 aliphatic carbocycles. The van der Waals surface area contributed by atoms with Crippen molar-refractivity contribution in [2.24, 2.45) is 5.41 Å². The Balaban J connectivity index is 1.01. The molecule has 0 bridgehead atoms. The van der Waals surface area contributed by atoms with Crippen LogP contribution in [0.15, 0.2) is 90.6 Å². The van der Waals surface area contributed by atoms with Crippen molar-refractivity contribution in [2.75, 3.05) is 32.8 Å². The van der Waals surface area contributed by atoms with Crippen LogP contribution >= 0.6 is 11.3 Å². The molecule has 6 rings (SSSR count). The summed E-state index contributed by atoms with van der Waals surface area (Å²) in [6, 6.07) is 21.7. The topological polar surface area (TPSA) is 177 Å². The van der Waals surface area contributed by atoms with Crippen LogP contribution in [0.1, 0.15) is 74.5 Å². The third-order valence-electron chi connectivity index (χ3n) is 11.3. The Bertz CT molecular complexity index is 2330. The summed E-state index contributed by atoms with van der Waals surface area (Å²) in [5, 5.41) is 26.8. The second-order valence-corrected chi connectivity index (χ2v) is 17.9. The summed E-state index contributed by atoms with van der Waals surface area (Å²) in [5.41, 5.74) is 8.22. The molecule has 328 valence electrons. The van der Waals surface area contributed by atoms with Crippen LogP contribution in [0.5, 0.6) is 0 Å². The first-order valence-corrected chi connectivity index (χ1v) is 22.0. The smallest absolute Gasteiger partial charge is 0.328 e. The standard InChI is InChI=1S/C48H58N6O7S/c1-31(35-15-17-36(18-16-35)44-32(2)50-30-62-44)51-46(59)41-26-38(55)29-54(41)47(60)45(48(3,4)5)52-42(56)21-24-61-25-23-53(22-20-37-27-49-40-9-7-6-8-39(37)40)28-34-12-10-33(11-13-34)14-19-43(57)58/h6-19,27,30-31,38,41,45,49,55H,20-26,28-29H2,1-5H3,(H,51,59)(H,52,56)(H,57,58)/b19-14+/t31-,38+,41-,45+/m0/s1. The summed E-state index contributed by atoms with van der Waals surface area (Å²) in [7, 11) is 0. The average Bonchev–Trinajstić information content (AvgIpc) is 3.98. The third kappa shape index (κ3) is 12.2. The Hall–Kier alpha value is -5.67. The molecule has 13 nitrogen and oxygen atoms in total. The number of nitrogens with zero attached hydrogens (tertiary/aromatic N) is 3. The fraction of sp³-hybridized carbons (Fsp3) is 0.396. The lowest BCUT2D eigenvalue weighted by molar-refractivity contribution is -0.144. The number of β-amino-alcohol motifs (C(OH)–C–C–N with tert-alkyl or cyclic N) is 1. The Morgan fingerprint density at radius 1 is 1.02 bits per heavy atom. The minimum Gasteiger partial charge on any atom is -0.478 e. The number of aliphatic carboxylic acids is 1. The number of amides is 3. The fourth-order valence-corrected chi connectivity index (χ4v) is 8.57. The van der Waals surface area contributed by atoms with E-state index in [1.165, 1.54) is 15.8 Å². The molecule has 3 amide bonds. The van der Waals surface area contributed by atoms with Crippen molar-refractivity contribution in [3.63, 3.8) is 0 Å². The number of benzene rings is 3. The van der Waals surface area contributed by atoms with Crippen molar-refractivity contribution in [1.29, 1.82) is 0 Å². The number of aliphatic hydroxyl groups excluding tert-OH is 1. The summed E-state index contributed by atoms with van der Waals surface area (Å²) in [6.07, 6.45) is 4.79. The Morgan fingerprint density at radius 3 is 2.45 bits per heavy atom. The van der Waals surface area contributed by atoms with E-state index in [9.17, 15) is 24.3 Å². The molecule has 3 heterocycles. The van der Waals surface area contributed by atoms with Crippen molar-refractivity contribution in [3.05, 3.63) is 119 Å². The van der Waals surface area contributed by atoms with Crippen molar-refractivity contribution < 1.29 is 34.1 Å². The van der Waals surface area contributed by atoms with Crippen molar-refractivity contribution >= 4 is 52.0 Å². The minimum atomic E-state index is -0.998. The number of thiazole rings is 1. The van der Waals surface area contributed by atoms with Crippen molar-refractivity contribution in [1.82, 2.24) is 30.4 Å². The summed E-state index contributed by atoms with van der Waals surface area (Å²) in [4.78, 5) is 64.7. The Labute approximate surface area is 367 Å². The summed E-state index contributed by atoms with van der Waals surface area (Å²) in [5.74, 6) is -2.13. The fourth-order valence-electron chi connectivity index (χ4n) is 7.76. The molecule has 0 saturated carbocycles. The highest BCUT2D eigenvalue weighted by molar-refractivity contribution is 7.13. The predicted octanol–water partition coefficient (Wildman–Crippen LogP) is 6.52. The quantitative estimate of drug-likeness (QED) is 0.0457. The molecule has 5 N–H and O–H groups in total. The zero-order valence-electron chi connectivity index (χ0n) is 36.1. The number of H-pyrrole nitrogens is 1. The van der Waals surface area contributed by atoms with E-state index in [0.29, 0.717) is 19.7 Å². The number of aromatic nitrogens is 2. The number of carbonyl (C=O) groups excluding carboxylic acids is 3. The molecular weight excluding hydrogens is 805 g/mol. The van der Waals surface area contributed by atoms with Crippen molar-refractivity contribution in [3.8, 4) is 10.4 Å². The second-order valence-electron chi connectivity index (χ2n) is 17.0. The van der Waals surface area contributed by atoms with Crippen LogP contribution in [0, 0.1) is 12.3 Å². The highest BCUT2D eigenvalue weighted by atomic mass is 32.1. The van der Waals surface area contributed by atoms with E-state index in [4.69, 9.17) is 9.84 Å². The van der Waals surface area contributed by atoms with Gasteiger partial charge in [0.1, 0.15) is 12.1 Å². The molecule has 0 unspecified atom stereocenters. The monoisotopic (exact) mass is 862 g/mol. The molecule has 0 radical (unpaired) electrons. The number of aliphatic hydroxyl groups is 1. The van der Waals surface area contributed by atoms with Crippen LogP contribution in [0.3, 0.4) is 0 Å². The van der Waals surface area contributed by atoms with Gasteiger partial charge >= 0.3 is 5.97 Å². The first-order chi connectivity index (χ1) is 29.7. The highest BCUT2D eigenvalue weighted by Gasteiger charge is 2.44. The number of hydrogen-bond donors (Lipinski definition) is 5. The molecule has 0 spiro atoms. The summed E-state index contributed by atoms with van der Waals surface area (Å²) >= 11 is 1.58. The number of rotatable bonds is 19. The zero-order chi connectivity index (χ0) is 44.4. The molecule has 1 fully saturated rings. The van der Waals surface area contributed by atoms with Gasteiger partial charge in [-0.15, -0.1) is 11.3 Å². The van der Waals surface area contributed by atoms with Gasteiger partial charge in [0.15, 0.2) is 0 Å². The van der Waals surface area contributed by atoms with Gasteiger partial charge < -0.3 is 35.5 Å². The largest absolute Gasteiger partial charge is 0.478 e. The van der Waals surface area contributed by atoms with Crippen molar-refractivity contribution in [2.45, 2.75) is 84.7 Å². The maximum Gasteiger partial charge on any atom is 0.328 e. The number of carboxylic acids is 1. The number of aromatic amines is 1. The van der Waals surface area contributed by atoms with Crippen LogP contribution in [0.2, 0.25) is 0 Å². The first-order valence-electron chi connectivity index (χ1n) is 21.1. The molecule has 4 atom stereocenters. The molecular formula is C48H58N6O7S. The molecule has 62 heavy (non-hydrogen) atoms. The van der Waals surface area contributed by atoms with Gasteiger partial charge in [-0.25, -0.2) is 9.78 Å². The number of fused-ring (bicyclic) bond motifs is 1. The van der Waals surface area contributed by atoms with Gasteiger partial charge in [0.05, 0.1) is 41.4 Å². The number of nitrogens with one attached hydrogen (secondary N) is 3. The van der Waals surface area contributed by atoms with E-state index in [1.54, 1.807) is 17.4 Å². The van der Waals surface area contributed by atoms with Gasteiger partial charge in [0.25, 0.3) is 0 Å². The normalized spacial score (nSPS) is 16.5. The van der Waals surface area contributed by atoms with E-state index in [-0.39, 0.29) is 43.8 Å². The Kier molecular flexibility index (Phi) is 15.5. The predicted molar refractivity (Wildman–Crippen MR) is 242 cm³/mol. The van der Waals surface area contributed by atoms with Crippen LogP contribution < -0.4 is 10.6 Å². The van der Waals surface area contributed by atoms with Crippen LogP contribution in [-0.4, -0.2) is 105 Å². The number of para-hydroxylation sites is 1. The molecule has 5 aromatic rings. The van der Waals surface area contributed by atoms with E-state index in [1.807, 2.05) is 107 Å². The van der Waals surface area contributed by atoms with Gasteiger partial charge in [-0.05, 0) is 65.6 Å². The van der Waals surface area contributed by atoms with Gasteiger partial charge in [0.2, 0.25) is 17.7 Å². The minimum absolute atomic E-state index is 0.0114. The lowest BCUT2D eigenvalue weighted by Crippen LogP contribution is -2.58. The number of likely N-dealkylation sites (tertiary alicyclic amines) is 1. The summed E-state index contributed by atoms with van der Waals surface area (Å²) in [6.45, 7) is 11.9. The molecule has 3 aromatic carbocycles. The van der Waals surface area contributed by atoms with E-state index in [0.717, 1.165) is 57.4 Å². The molecule has 1 saturated heterocycles. The maximum atomic E-state index is 14.2. The molecule has 1 aliphatic heterocycles. The third-order valence-corrected chi connectivity index (χ3v) is 12.2. The van der Waals surface area contributed by atoms with E-state index >= 15 is 0 Å². The number of hydrogen-bond acceptors (Lipinski definition) is 9. The van der Waals surface area contributed by atoms with Gasteiger partial charge in [-0.1, -0.05) is 87.5 Å². The number of aryl methyl sites for hydroxylation is 1. The van der Waals surface area contributed by atoms with Crippen LogP contribution in [0.25, 0.3) is 27.4 Å². The number of ether oxygens (including phenoxy) is 1. The number of carbonyl (C=O) groups is 4. The zero-order valence-corrected chi connectivity index (χ0v) is 36.9. The van der Waals surface area contributed by atoms with E-state index < -0.39 is 35.5 Å². The second kappa shape index (κ2) is 20.9.